The molecule has 0 bridgehead atoms. The van der Waals surface area contributed by atoms with Gasteiger partial charge in [-0.2, -0.15) is 0 Å². The molecule has 0 radical (unpaired) electrons. The third-order valence-electron chi connectivity index (χ3n) is 2.47. The minimum absolute atomic E-state index is 0.224. The van der Waals surface area contributed by atoms with Crippen molar-refractivity contribution in [1.82, 2.24) is 0 Å². The van der Waals surface area contributed by atoms with Gasteiger partial charge < -0.3 is 5.73 Å². The van der Waals surface area contributed by atoms with E-state index in [4.69, 9.17) is 5.73 Å². The molecule has 2 N–H and O–H groups in total. The predicted octanol–water partition coefficient (Wildman–Crippen LogP) is 1.34. The topological polar surface area (TPSA) is 43.1 Å². The van der Waals surface area contributed by atoms with Crippen LogP contribution in [0.4, 0.5) is 0 Å². The molecule has 1 aliphatic rings. The Hall–Kier alpha value is -0.370. The van der Waals surface area contributed by atoms with Crippen molar-refractivity contribution in [2.45, 2.75) is 39.2 Å². The Morgan fingerprint density at radius 3 is 2.55 bits per heavy atom. The van der Waals surface area contributed by atoms with Crippen molar-refractivity contribution in [2.24, 2.45) is 17.6 Å². The van der Waals surface area contributed by atoms with Gasteiger partial charge in [-0.15, -0.1) is 0 Å². The van der Waals surface area contributed by atoms with Gasteiger partial charge in [0.15, 0.2) is 0 Å². The molecule has 1 rings (SSSR count). The summed E-state index contributed by atoms with van der Waals surface area (Å²) in [6, 6.07) is -0.258. The van der Waals surface area contributed by atoms with E-state index in [9.17, 15) is 4.79 Å². The number of carbonyl (C=O) groups is 1. The largest absolute Gasteiger partial charge is 0.322 e. The lowest BCUT2D eigenvalue weighted by molar-refractivity contribution is -0.121. The van der Waals surface area contributed by atoms with Crippen LogP contribution in [0.3, 0.4) is 0 Å². The van der Waals surface area contributed by atoms with Crippen LogP contribution in [0.15, 0.2) is 0 Å². The number of hydrogen-bond acceptors (Lipinski definition) is 2. The Morgan fingerprint density at radius 2 is 2.18 bits per heavy atom. The van der Waals surface area contributed by atoms with Crippen LogP contribution in [0, 0.1) is 11.8 Å². The van der Waals surface area contributed by atoms with Crippen molar-refractivity contribution >= 4 is 5.78 Å². The fourth-order valence-electron chi connectivity index (χ4n) is 1.71. The van der Waals surface area contributed by atoms with Gasteiger partial charge in [-0.25, -0.2) is 0 Å². The van der Waals surface area contributed by atoms with E-state index in [1.54, 1.807) is 6.92 Å². The lowest BCUT2D eigenvalue weighted by Gasteiger charge is -2.32. The second kappa shape index (κ2) is 3.35. The summed E-state index contributed by atoms with van der Waals surface area (Å²) < 4.78 is 0. The molecule has 0 heterocycles. The van der Waals surface area contributed by atoms with Crippen LogP contribution < -0.4 is 5.73 Å². The standard InChI is InChI=1S/C9H17NO/c1-6-3-8(4-6)5-9(11)7(2)10/h6-8H,3-5,10H2,1-2H3/t6?,7-,8?/m1/s1. The summed E-state index contributed by atoms with van der Waals surface area (Å²) in [5.74, 6) is 1.70. The van der Waals surface area contributed by atoms with Crippen LogP contribution in [0.5, 0.6) is 0 Å². The highest BCUT2D eigenvalue weighted by molar-refractivity contribution is 5.83. The van der Waals surface area contributed by atoms with Crippen LogP contribution >= 0.6 is 0 Å². The molecule has 0 saturated heterocycles. The molecule has 0 aromatic rings. The number of carbonyl (C=O) groups excluding carboxylic acids is 1. The number of nitrogens with two attached hydrogens (primary N) is 1. The minimum Gasteiger partial charge on any atom is -0.322 e. The first-order valence-corrected chi connectivity index (χ1v) is 4.38. The summed E-state index contributed by atoms with van der Waals surface area (Å²) in [4.78, 5) is 11.1. The van der Waals surface area contributed by atoms with Crippen LogP contribution in [0.1, 0.15) is 33.1 Å². The quantitative estimate of drug-likeness (QED) is 0.668. The van der Waals surface area contributed by atoms with Gasteiger partial charge in [0.2, 0.25) is 0 Å². The van der Waals surface area contributed by atoms with E-state index in [2.05, 4.69) is 6.92 Å². The van der Waals surface area contributed by atoms with Crippen molar-refractivity contribution in [2.75, 3.05) is 0 Å². The van der Waals surface area contributed by atoms with E-state index in [0.717, 1.165) is 5.92 Å². The summed E-state index contributed by atoms with van der Waals surface area (Å²) in [5.41, 5.74) is 5.45. The summed E-state index contributed by atoms with van der Waals surface area (Å²) in [5, 5.41) is 0. The predicted molar refractivity (Wildman–Crippen MR) is 45.2 cm³/mol. The molecule has 0 unspecified atom stereocenters. The molecule has 0 aliphatic heterocycles. The molecule has 0 spiro atoms. The normalized spacial score (nSPS) is 32.6. The van der Waals surface area contributed by atoms with Crippen molar-refractivity contribution in [3.63, 3.8) is 0 Å². The molecule has 11 heavy (non-hydrogen) atoms. The Bertz CT molecular complexity index is 148. The second-order valence-corrected chi connectivity index (χ2v) is 3.90. The molecule has 1 aliphatic carbocycles. The highest BCUT2D eigenvalue weighted by Crippen LogP contribution is 2.35. The van der Waals surface area contributed by atoms with Gasteiger partial charge in [-0.3, -0.25) is 4.79 Å². The molecule has 1 saturated carbocycles. The van der Waals surface area contributed by atoms with E-state index in [-0.39, 0.29) is 11.8 Å². The summed E-state index contributed by atoms with van der Waals surface area (Å²) in [6.45, 7) is 4.00. The third kappa shape index (κ3) is 2.29. The van der Waals surface area contributed by atoms with Gasteiger partial charge in [-0.05, 0) is 31.6 Å². The summed E-state index contributed by atoms with van der Waals surface area (Å²) in [7, 11) is 0. The highest BCUT2D eigenvalue weighted by Gasteiger charge is 2.27. The molecule has 0 aromatic heterocycles. The maximum atomic E-state index is 11.1. The van der Waals surface area contributed by atoms with Gasteiger partial charge in [-0.1, -0.05) is 6.92 Å². The molecule has 0 aromatic carbocycles. The van der Waals surface area contributed by atoms with Gasteiger partial charge >= 0.3 is 0 Å². The van der Waals surface area contributed by atoms with E-state index >= 15 is 0 Å². The van der Waals surface area contributed by atoms with Crippen molar-refractivity contribution < 1.29 is 4.79 Å². The van der Waals surface area contributed by atoms with Crippen molar-refractivity contribution in [3.8, 4) is 0 Å². The zero-order valence-corrected chi connectivity index (χ0v) is 7.34. The Morgan fingerprint density at radius 1 is 1.64 bits per heavy atom. The highest BCUT2D eigenvalue weighted by atomic mass is 16.1. The second-order valence-electron chi connectivity index (χ2n) is 3.90. The van der Waals surface area contributed by atoms with Gasteiger partial charge in [0.25, 0.3) is 0 Å². The van der Waals surface area contributed by atoms with Gasteiger partial charge in [0.05, 0.1) is 6.04 Å². The average Bonchev–Trinajstić information content (AvgIpc) is 1.84. The third-order valence-corrected chi connectivity index (χ3v) is 2.47. The van der Waals surface area contributed by atoms with E-state index < -0.39 is 0 Å². The van der Waals surface area contributed by atoms with Gasteiger partial charge in [0, 0.05) is 6.42 Å². The zero-order valence-electron chi connectivity index (χ0n) is 7.34. The molecule has 64 valence electrons. The molecule has 2 nitrogen and oxygen atoms in total. The number of Topliss-reactive ketones (excluding diaryl/α,β-unsaturated/α-hetero) is 1. The molecule has 2 heteroatoms. The molecule has 0 amide bonds. The summed E-state index contributed by atoms with van der Waals surface area (Å²) >= 11 is 0. The fourth-order valence-corrected chi connectivity index (χ4v) is 1.71. The first kappa shape index (κ1) is 8.72. The Kier molecular flexibility index (Phi) is 2.66. The number of ketones is 1. The van der Waals surface area contributed by atoms with Crippen LogP contribution in [0.2, 0.25) is 0 Å². The molecular formula is C9H17NO. The smallest absolute Gasteiger partial charge is 0.149 e. The molecular weight excluding hydrogens is 138 g/mol. The van der Waals surface area contributed by atoms with E-state index in [0.29, 0.717) is 12.3 Å². The van der Waals surface area contributed by atoms with E-state index in [1.165, 1.54) is 12.8 Å². The lowest BCUT2D eigenvalue weighted by Crippen LogP contribution is -2.32. The van der Waals surface area contributed by atoms with Crippen molar-refractivity contribution in [1.29, 1.82) is 0 Å². The average molecular weight is 155 g/mol. The van der Waals surface area contributed by atoms with Crippen molar-refractivity contribution in [3.05, 3.63) is 0 Å². The van der Waals surface area contributed by atoms with E-state index in [1.807, 2.05) is 0 Å². The number of rotatable bonds is 3. The van der Waals surface area contributed by atoms with Crippen LogP contribution in [-0.2, 0) is 4.79 Å². The fraction of sp³-hybridized carbons (Fsp3) is 0.889. The Balaban J connectivity index is 2.17. The minimum atomic E-state index is -0.258. The van der Waals surface area contributed by atoms with Crippen LogP contribution in [-0.4, -0.2) is 11.8 Å². The maximum Gasteiger partial charge on any atom is 0.149 e. The SMILES string of the molecule is CC1CC(CC(=O)[C@@H](C)N)C1. The monoisotopic (exact) mass is 155 g/mol. The number of hydrogen-bond donors (Lipinski definition) is 1. The molecule has 1 fully saturated rings. The maximum absolute atomic E-state index is 11.1. The lowest BCUT2D eigenvalue weighted by atomic mass is 9.73. The molecule has 1 atom stereocenters. The first-order valence-electron chi connectivity index (χ1n) is 4.38. The Labute approximate surface area is 68.2 Å². The first-order chi connectivity index (χ1) is 5.09. The zero-order chi connectivity index (χ0) is 8.43. The summed E-state index contributed by atoms with van der Waals surface area (Å²) in [6.07, 6.45) is 3.15. The van der Waals surface area contributed by atoms with Gasteiger partial charge in [0.1, 0.15) is 5.78 Å². The van der Waals surface area contributed by atoms with Crippen LogP contribution in [0.25, 0.3) is 0 Å².